The van der Waals surface area contributed by atoms with Gasteiger partial charge < -0.3 is 15.0 Å². The molecule has 5 nitrogen and oxygen atoms in total. The maximum atomic E-state index is 12.8. The van der Waals surface area contributed by atoms with Crippen molar-refractivity contribution >= 4 is 57.2 Å². The Labute approximate surface area is 184 Å². The number of amides is 2. The summed E-state index contributed by atoms with van der Waals surface area (Å²) in [5, 5.41) is 5.41. The third kappa shape index (κ3) is 3.83. The Balaban J connectivity index is 1.55. The van der Waals surface area contributed by atoms with Crippen LogP contribution >= 0.6 is 23.2 Å². The smallest absolute Gasteiger partial charge is 0.262 e. The van der Waals surface area contributed by atoms with Crippen LogP contribution in [0.2, 0.25) is 10.0 Å². The Hall–Kier alpha value is -2.76. The van der Waals surface area contributed by atoms with Crippen LogP contribution in [0.1, 0.15) is 30.1 Å². The van der Waals surface area contributed by atoms with Gasteiger partial charge in [-0.15, -0.1) is 0 Å². The van der Waals surface area contributed by atoms with Crippen molar-refractivity contribution < 1.29 is 14.3 Å². The molecule has 7 heteroatoms. The number of hydrogen-bond acceptors (Lipinski definition) is 3. The summed E-state index contributed by atoms with van der Waals surface area (Å²) in [5.41, 5.74) is 2.19. The third-order valence-electron chi connectivity index (χ3n) is 5.05. The first kappa shape index (κ1) is 20.5. The lowest BCUT2D eigenvalue weighted by molar-refractivity contribution is -0.118. The zero-order valence-electron chi connectivity index (χ0n) is 16.4. The van der Waals surface area contributed by atoms with E-state index >= 15 is 0 Å². The predicted molar refractivity (Wildman–Crippen MR) is 121 cm³/mol. The van der Waals surface area contributed by atoms with Gasteiger partial charge in [0.1, 0.15) is 5.75 Å². The molecule has 3 aromatic carbocycles. The highest BCUT2D eigenvalue weighted by atomic mass is 35.5. The summed E-state index contributed by atoms with van der Waals surface area (Å²) in [6.45, 7) is 2.58. The summed E-state index contributed by atoms with van der Waals surface area (Å²) in [4.78, 5) is 27.1. The number of benzene rings is 3. The van der Waals surface area contributed by atoms with Gasteiger partial charge in [0.05, 0.1) is 10.7 Å². The molecule has 1 heterocycles. The van der Waals surface area contributed by atoms with Crippen LogP contribution in [0.25, 0.3) is 10.8 Å². The van der Waals surface area contributed by atoms with Gasteiger partial charge in [0.25, 0.3) is 11.8 Å². The molecule has 0 aliphatic carbocycles. The minimum Gasteiger partial charge on any atom is -0.482 e. The third-order valence-corrected chi connectivity index (χ3v) is 5.58. The molecule has 154 valence electrons. The molecule has 0 bridgehead atoms. The number of anilines is 2. The van der Waals surface area contributed by atoms with Crippen LogP contribution in [0.4, 0.5) is 11.4 Å². The molecule has 0 aromatic heterocycles. The second-order valence-corrected chi connectivity index (χ2v) is 7.93. The molecule has 1 aliphatic heterocycles. The number of carbonyl (C=O) groups is 2. The van der Waals surface area contributed by atoms with E-state index in [1.54, 1.807) is 18.2 Å². The van der Waals surface area contributed by atoms with Crippen LogP contribution in [0.3, 0.4) is 0 Å². The van der Waals surface area contributed by atoms with E-state index in [2.05, 4.69) is 12.2 Å². The number of nitrogens with one attached hydrogen (secondary N) is 1. The Kier molecular flexibility index (Phi) is 5.84. The zero-order chi connectivity index (χ0) is 21.3. The lowest BCUT2D eigenvalue weighted by Crippen LogP contribution is -2.27. The number of ether oxygens (including phenoxy) is 1. The molecule has 3 aromatic rings. The van der Waals surface area contributed by atoms with Crippen LogP contribution in [0.5, 0.6) is 5.75 Å². The highest BCUT2D eigenvalue weighted by molar-refractivity contribution is 6.35. The van der Waals surface area contributed by atoms with Gasteiger partial charge in [0, 0.05) is 33.6 Å². The van der Waals surface area contributed by atoms with Crippen molar-refractivity contribution in [2.75, 3.05) is 23.4 Å². The standard InChI is InChI=1S/C23H20Cl2N2O3/c1-2-3-11-27-19-9-8-18(15-5-4-6-16(22(15)19)23(27)29)26-21(28)13-30-20-10-7-14(24)12-17(20)25/h4-10,12H,2-3,11,13H2,1H3,(H,26,28). The van der Waals surface area contributed by atoms with E-state index in [1.165, 1.54) is 0 Å². The molecule has 0 atom stereocenters. The summed E-state index contributed by atoms with van der Waals surface area (Å²) < 4.78 is 5.51. The van der Waals surface area contributed by atoms with Gasteiger partial charge in [-0.05, 0) is 42.8 Å². The Morgan fingerprint density at radius 3 is 2.73 bits per heavy atom. The van der Waals surface area contributed by atoms with Gasteiger partial charge in [-0.2, -0.15) is 0 Å². The van der Waals surface area contributed by atoms with Crippen molar-refractivity contribution in [2.24, 2.45) is 0 Å². The van der Waals surface area contributed by atoms with Gasteiger partial charge in [0.2, 0.25) is 0 Å². The van der Waals surface area contributed by atoms with Gasteiger partial charge in [-0.25, -0.2) is 0 Å². The van der Waals surface area contributed by atoms with E-state index < -0.39 is 0 Å². The molecule has 0 unspecified atom stereocenters. The number of carbonyl (C=O) groups excluding carboxylic acids is 2. The summed E-state index contributed by atoms with van der Waals surface area (Å²) in [5.74, 6) is 0.0657. The maximum Gasteiger partial charge on any atom is 0.262 e. The van der Waals surface area contributed by atoms with E-state index in [4.69, 9.17) is 27.9 Å². The number of hydrogen-bond donors (Lipinski definition) is 1. The second-order valence-electron chi connectivity index (χ2n) is 7.08. The Morgan fingerprint density at radius 2 is 1.97 bits per heavy atom. The average molecular weight is 443 g/mol. The van der Waals surface area contributed by atoms with Crippen LogP contribution < -0.4 is 15.0 Å². The van der Waals surface area contributed by atoms with Crippen molar-refractivity contribution in [3.63, 3.8) is 0 Å². The van der Waals surface area contributed by atoms with Crippen LogP contribution in [0.15, 0.2) is 48.5 Å². The number of halogens is 2. The molecule has 4 rings (SSSR count). The molecular weight excluding hydrogens is 423 g/mol. The van der Waals surface area contributed by atoms with E-state index in [9.17, 15) is 9.59 Å². The summed E-state index contributed by atoms with van der Waals surface area (Å²) >= 11 is 12.0. The minimum absolute atomic E-state index is 0.00763. The molecule has 0 radical (unpaired) electrons. The molecule has 2 amide bonds. The van der Waals surface area contributed by atoms with Crippen molar-refractivity contribution in [3.05, 3.63) is 64.1 Å². The van der Waals surface area contributed by atoms with Crippen molar-refractivity contribution in [3.8, 4) is 5.75 Å². The fourth-order valence-electron chi connectivity index (χ4n) is 3.62. The van der Waals surface area contributed by atoms with Gasteiger partial charge in [-0.3, -0.25) is 9.59 Å². The fourth-order valence-corrected chi connectivity index (χ4v) is 4.08. The van der Waals surface area contributed by atoms with Crippen molar-refractivity contribution in [2.45, 2.75) is 19.8 Å². The summed E-state index contributed by atoms with van der Waals surface area (Å²) in [6, 6.07) is 14.1. The first-order valence-electron chi connectivity index (χ1n) is 9.75. The van der Waals surface area contributed by atoms with Gasteiger partial charge >= 0.3 is 0 Å². The predicted octanol–water partition coefficient (Wildman–Crippen LogP) is 5.92. The summed E-state index contributed by atoms with van der Waals surface area (Å²) in [6.07, 6.45) is 1.94. The highest BCUT2D eigenvalue weighted by Crippen LogP contribution is 2.40. The molecular formula is C23H20Cl2N2O3. The lowest BCUT2D eigenvalue weighted by Gasteiger charge is -2.17. The van der Waals surface area contributed by atoms with E-state index in [0.717, 1.165) is 29.3 Å². The van der Waals surface area contributed by atoms with E-state index in [1.807, 2.05) is 35.2 Å². The quantitative estimate of drug-likeness (QED) is 0.493. The molecule has 1 aliphatic rings. The van der Waals surface area contributed by atoms with E-state index in [-0.39, 0.29) is 18.4 Å². The molecule has 30 heavy (non-hydrogen) atoms. The SMILES string of the molecule is CCCCN1C(=O)c2cccc3c(NC(=O)COc4ccc(Cl)cc4Cl)ccc1c23. The number of nitrogens with zero attached hydrogens (tertiary/aromatic N) is 1. The number of rotatable bonds is 7. The molecule has 0 fully saturated rings. The van der Waals surface area contributed by atoms with Gasteiger partial charge in [-0.1, -0.05) is 48.7 Å². The monoisotopic (exact) mass is 442 g/mol. The average Bonchev–Trinajstić information content (AvgIpc) is 3.00. The van der Waals surface area contributed by atoms with Crippen LogP contribution in [0, 0.1) is 0 Å². The normalized spacial score (nSPS) is 12.5. The molecule has 0 saturated heterocycles. The first-order chi connectivity index (χ1) is 14.5. The van der Waals surface area contributed by atoms with Gasteiger partial charge in [0.15, 0.2) is 6.61 Å². The molecule has 0 spiro atoms. The molecule has 1 N–H and O–H groups in total. The van der Waals surface area contributed by atoms with Crippen molar-refractivity contribution in [1.82, 2.24) is 0 Å². The highest BCUT2D eigenvalue weighted by Gasteiger charge is 2.30. The summed E-state index contributed by atoms with van der Waals surface area (Å²) in [7, 11) is 0. The largest absolute Gasteiger partial charge is 0.482 e. The maximum absolute atomic E-state index is 12.8. The zero-order valence-corrected chi connectivity index (χ0v) is 17.9. The first-order valence-corrected chi connectivity index (χ1v) is 10.5. The van der Waals surface area contributed by atoms with Crippen LogP contribution in [-0.4, -0.2) is 25.0 Å². The van der Waals surface area contributed by atoms with E-state index in [0.29, 0.717) is 33.6 Å². The Morgan fingerprint density at radius 1 is 1.13 bits per heavy atom. The van der Waals surface area contributed by atoms with Crippen molar-refractivity contribution in [1.29, 1.82) is 0 Å². The number of unbranched alkanes of at least 4 members (excludes halogenated alkanes) is 1. The minimum atomic E-state index is -0.325. The second kappa shape index (κ2) is 8.54. The van der Waals surface area contributed by atoms with Crippen LogP contribution in [-0.2, 0) is 4.79 Å². The fraction of sp³-hybridized carbons (Fsp3) is 0.217. The topological polar surface area (TPSA) is 58.6 Å². The lowest BCUT2D eigenvalue weighted by atomic mass is 10.0. The Bertz CT molecular complexity index is 1150. The molecule has 0 saturated carbocycles.